The van der Waals surface area contributed by atoms with Crippen molar-refractivity contribution in [3.05, 3.63) is 29.6 Å². The molecule has 6 heteroatoms. The third-order valence-corrected chi connectivity index (χ3v) is 2.59. The van der Waals surface area contributed by atoms with Gasteiger partial charge in [0.05, 0.1) is 0 Å². The third kappa shape index (κ3) is 3.20. The van der Waals surface area contributed by atoms with Crippen LogP contribution in [0.15, 0.2) is 23.1 Å². The van der Waals surface area contributed by atoms with Crippen molar-refractivity contribution in [3.8, 4) is 0 Å². The van der Waals surface area contributed by atoms with E-state index in [1.165, 1.54) is 26.0 Å². The molecule has 92 valence electrons. The Hall–Kier alpha value is -1.56. The van der Waals surface area contributed by atoms with Gasteiger partial charge in [-0.25, -0.2) is 4.39 Å². The Kier molecular flexibility index (Phi) is 3.77. The molecule has 0 bridgehead atoms. The number of amides is 2. The summed E-state index contributed by atoms with van der Waals surface area (Å²) in [6.07, 6.45) is 0. The van der Waals surface area contributed by atoms with Crippen molar-refractivity contribution < 1.29 is 14.0 Å². The van der Waals surface area contributed by atoms with Gasteiger partial charge in [-0.05, 0) is 32.0 Å². The van der Waals surface area contributed by atoms with E-state index >= 15 is 0 Å². The van der Waals surface area contributed by atoms with Gasteiger partial charge in [0, 0.05) is 10.5 Å². The van der Waals surface area contributed by atoms with Crippen LogP contribution in [-0.4, -0.2) is 17.4 Å². The molecule has 1 aromatic rings. The van der Waals surface area contributed by atoms with Gasteiger partial charge in [-0.1, -0.05) is 0 Å². The number of carbonyl (C=O) groups excluding carboxylic acids is 2. The quantitative estimate of drug-likeness (QED) is 0.709. The zero-order chi connectivity index (χ0) is 13.2. The Morgan fingerprint density at radius 2 is 2.00 bits per heavy atom. The number of thiol groups is 1. The molecule has 1 rings (SSSR count). The molecule has 0 unspecified atom stereocenters. The lowest BCUT2D eigenvalue weighted by Crippen LogP contribution is -2.53. The highest BCUT2D eigenvalue weighted by molar-refractivity contribution is 7.80. The molecule has 0 saturated heterocycles. The van der Waals surface area contributed by atoms with E-state index in [4.69, 9.17) is 5.73 Å². The van der Waals surface area contributed by atoms with Crippen molar-refractivity contribution in [1.82, 2.24) is 5.32 Å². The van der Waals surface area contributed by atoms with Crippen LogP contribution in [0.5, 0.6) is 0 Å². The van der Waals surface area contributed by atoms with Gasteiger partial charge in [-0.2, -0.15) is 0 Å². The average Bonchev–Trinajstić information content (AvgIpc) is 2.21. The molecule has 17 heavy (non-hydrogen) atoms. The lowest BCUT2D eigenvalue weighted by Gasteiger charge is -2.22. The molecule has 2 amide bonds. The second-order valence-corrected chi connectivity index (χ2v) is 4.59. The van der Waals surface area contributed by atoms with Crippen LogP contribution in [0.1, 0.15) is 24.2 Å². The average molecular weight is 256 g/mol. The van der Waals surface area contributed by atoms with Crippen molar-refractivity contribution in [2.45, 2.75) is 24.3 Å². The zero-order valence-corrected chi connectivity index (χ0v) is 10.3. The van der Waals surface area contributed by atoms with E-state index in [0.29, 0.717) is 0 Å². The number of nitrogens with two attached hydrogens (primary N) is 1. The molecule has 0 aromatic heterocycles. The van der Waals surface area contributed by atoms with Gasteiger partial charge >= 0.3 is 0 Å². The number of rotatable bonds is 3. The van der Waals surface area contributed by atoms with E-state index < -0.39 is 23.2 Å². The number of hydrogen-bond donors (Lipinski definition) is 3. The van der Waals surface area contributed by atoms with E-state index in [-0.39, 0.29) is 10.5 Å². The van der Waals surface area contributed by atoms with Gasteiger partial charge in [0.25, 0.3) is 5.91 Å². The SMILES string of the molecule is CC(C)(NC(=O)c1ccc(F)c(S)c1)C(N)=O. The smallest absolute Gasteiger partial charge is 0.252 e. The van der Waals surface area contributed by atoms with Crippen LogP contribution >= 0.6 is 12.6 Å². The van der Waals surface area contributed by atoms with Crippen molar-refractivity contribution in [1.29, 1.82) is 0 Å². The molecule has 1 aromatic carbocycles. The summed E-state index contributed by atoms with van der Waals surface area (Å²) in [5.74, 6) is -1.68. The highest BCUT2D eigenvalue weighted by Gasteiger charge is 2.27. The van der Waals surface area contributed by atoms with Crippen LogP contribution in [0.25, 0.3) is 0 Å². The predicted octanol–water partition coefficient (Wildman–Crippen LogP) is 1.11. The standard InChI is InChI=1S/C11H13FN2O2S/c1-11(2,10(13)16)14-9(15)6-3-4-7(12)8(17)5-6/h3-5,17H,1-2H3,(H2,13,16)(H,14,15). The summed E-state index contributed by atoms with van der Waals surface area (Å²) < 4.78 is 12.9. The predicted molar refractivity (Wildman–Crippen MR) is 64.4 cm³/mol. The van der Waals surface area contributed by atoms with Gasteiger partial charge in [0.2, 0.25) is 5.91 Å². The lowest BCUT2D eigenvalue weighted by molar-refractivity contribution is -0.122. The number of carbonyl (C=O) groups is 2. The fraction of sp³-hybridized carbons (Fsp3) is 0.273. The topological polar surface area (TPSA) is 72.2 Å². The number of nitrogens with one attached hydrogen (secondary N) is 1. The summed E-state index contributed by atoms with van der Waals surface area (Å²) in [7, 11) is 0. The monoisotopic (exact) mass is 256 g/mol. The Morgan fingerprint density at radius 1 is 1.41 bits per heavy atom. The molecule has 0 aliphatic carbocycles. The summed E-state index contributed by atoms with van der Waals surface area (Å²) in [6, 6.07) is 3.72. The minimum Gasteiger partial charge on any atom is -0.368 e. The maximum Gasteiger partial charge on any atom is 0.252 e. The van der Waals surface area contributed by atoms with E-state index in [9.17, 15) is 14.0 Å². The minimum atomic E-state index is -1.16. The van der Waals surface area contributed by atoms with Crippen LogP contribution in [0.3, 0.4) is 0 Å². The summed E-state index contributed by atoms with van der Waals surface area (Å²) in [4.78, 5) is 22.9. The minimum absolute atomic E-state index is 0.0644. The van der Waals surface area contributed by atoms with E-state index in [0.717, 1.165) is 6.07 Å². The first-order valence-corrected chi connectivity index (χ1v) is 5.29. The first kappa shape index (κ1) is 13.5. The van der Waals surface area contributed by atoms with Crippen LogP contribution in [0, 0.1) is 5.82 Å². The molecule has 0 aliphatic heterocycles. The Morgan fingerprint density at radius 3 is 2.47 bits per heavy atom. The van der Waals surface area contributed by atoms with Crippen LogP contribution in [0.4, 0.5) is 4.39 Å². The van der Waals surface area contributed by atoms with Crippen molar-refractivity contribution in [2.75, 3.05) is 0 Å². The molecule has 4 nitrogen and oxygen atoms in total. The maximum atomic E-state index is 12.9. The molecule has 0 heterocycles. The fourth-order valence-electron chi connectivity index (χ4n) is 1.07. The molecule has 0 radical (unpaired) electrons. The van der Waals surface area contributed by atoms with Crippen molar-refractivity contribution in [3.63, 3.8) is 0 Å². The molecule has 0 spiro atoms. The van der Waals surface area contributed by atoms with Crippen LogP contribution < -0.4 is 11.1 Å². The van der Waals surface area contributed by atoms with E-state index in [2.05, 4.69) is 17.9 Å². The largest absolute Gasteiger partial charge is 0.368 e. The lowest BCUT2D eigenvalue weighted by atomic mass is 10.0. The van der Waals surface area contributed by atoms with Gasteiger partial charge in [0.15, 0.2) is 0 Å². The van der Waals surface area contributed by atoms with Crippen LogP contribution in [0.2, 0.25) is 0 Å². The van der Waals surface area contributed by atoms with Gasteiger partial charge in [-0.3, -0.25) is 9.59 Å². The molecule has 3 N–H and O–H groups in total. The first-order chi connectivity index (χ1) is 7.74. The first-order valence-electron chi connectivity index (χ1n) is 4.85. The molecule has 0 fully saturated rings. The Bertz CT molecular complexity index is 475. The number of halogens is 1. The maximum absolute atomic E-state index is 12.9. The van der Waals surface area contributed by atoms with Gasteiger partial charge in [0.1, 0.15) is 11.4 Å². The fourth-order valence-corrected chi connectivity index (χ4v) is 1.29. The zero-order valence-electron chi connectivity index (χ0n) is 9.45. The Labute approximate surface area is 104 Å². The Balaban J connectivity index is 2.91. The summed E-state index contributed by atoms with van der Waals surface area (Å²) in [5.41, 5.74) is 4.17. The molecule has 0 atom stereocenters. The number of hydrogen-bond acceptors (Lipinski definition) is 3. The summed E-state index contributed by atoms with van der Waals surface area (Å²) in [5, 5.41) is 2.45. The highest BCUT2D eigenvalue weighted by atomic mass is 32.1. The van der Waals surface area contributed by atoms with E-state index in [1.807, 2.05) is 0 Å². The second kappa shape index (κ2) is 4.75. The molecular formula is C11H13FN2O2S. The normalized spacial score (nSPS) is 11.1. The van der Waals surface area contributed by atoms with Gasteiger partial charge in [-0.15, -0.1) is 12.6 Å². The highest BCUT2D eigenvalue weighted by Crippen LogP contribution is 2.15. The molecule has 0 aliphatic rings. The summed E-state index contributed by atoms with van der Waals surface area (Å²) in [6.45, 7) is 2.97. The third-order valence-electron chi connectivity index (χ3n) is 2.25. The van der Waals surface area contributed by atoms with Crippen molar-refractivity contribution in [2.24, 2.45) is 5.73 Å². The number of primary amides is 1. The summed E-state index contributed by atoms with van der Waals surface area (Å²) >= 11 is 3.87. The van der Waals surface area contributed by atoms with E-state index in [1.54, 1.807) is 0 Å². The van der Waals surface area contributed by atoms with Crippen molar-refractivity contribution >= 4 is 24.4 Å². The van der Waals surface area contributed by atoms with Gasteiger partial charge < -0.3 is 11.1 Å². The number of benzene rings is 1. The second-order valence-electron chi connectivity index (χ2n) is 4.11. The molecule has 0 saturated carbocycles. The van der Waals surface area contributed by atoms with Crippen LogP contribution in [-0.2, 0) is 4.79 Å². The molecular weight excluding hydrogens is 243 g/mol.